The molecule has 1 unspecified atom stereocenters. The SMILES string of the molecule is CCCCCCC(C)ON=O.[Na]. The van der Waals surface area contributed by atoms with Gasteiger partial charge in [0.25, 0.3) is 0 Å². The third kappa shape index (κ3) is 10.4. The molecule has 67 valence electrons. The van der Waals surface area contributed by atoms with Crippen LogP contribution in [0.5, 0.6) is 0 Å². The van der Waals surface area contributed by atoms with Crippen molar-refractivity contribution in [1.29, 1.82) is 0 Å². The number of hydrogen-bond donors (Lipinski definition) is 0. The summed E-state index contributed by atoms with van der Waals surface area (Å²) in [6.07, 6.45) is 5.78. The predicted molar refractivity (Wildman–Crippen MR) is 50.9 cm³/mol. The molecule has 1 radical (unpaired) electrons. The Morgan fingerprint density at radius 1 is 1.33 bits per heavy atom. The van der Waals surface area contributed by atoms with Crippen molar-refractivity contribution >= 4 is 29.6 Å². The zero-order chi connectivity index (χ0) is 8.53. The predicted octanol–water partition coefficient (Wildman–Crippen LogP) is 2.66. The molecule has 0 amide bonds. The van der Waals surface area contributed by atoms with Crippen molar-refractivity contribution in [2.75, 3.05) is 0 Å². The summed E-state index contributed by atoms with van der Waals surface area (Å²) in [7, 11) is 0. The monoisotopic (exact) mass is 182 g/mol. The van der Waals surface area contributed by atoms with Crippen molar-refractivity contribution in [3.05, 3.63) is 4.91 Å². The van der Waals surface area contributed by atoms with Gasteiger partial charge in [0, 0.05) is 29.6 Å². The molecule has 12 heavy (non-hydrogen) atoms. The molecule has 0 aliphatic rings. The van der Waals surface area contributed by atoms with Crippen molar-refractivity contribution in [3.63, 3.8) is 0 Å². The van der Waals surface area contributed by atoms with Crippen molar-refractivity contribution in [2.45, 2.75) is 52.1 Å². The van der Waals surface area contributed by atoms with E-state index in [4.69, 9.17) is 0 Å². The van der Waals surface area contributed by atoms with Gasteiger partial charge in [-0.05, 0) is 19.8 Å². The van der Waals surface area contributed by atoms with Crippen LogP contribution in [0, 0.1) is 4.91 Å². The Morgan fingerprint density at radius 3 is 2.50 bits per heavy atom. The molecule has 0 N–H and O–H groups in total. The van der Waals surface area contributed by atoms with E-state index < -0.39 is 0 Å². The maximum absolute atomic E-state index is 9.63. The topological polar surface area (TPSA) is 38.7 Å². The summed E-state index contributed by atoms with van der Waals surface area (Å²) >= 11 is 0. The van der Waals surface area contributed by atoms with E-state index in [2.05, 4.69) is 17.1 Å². The first-order valence-electron chi connectivity index (χ1n) is 4.29. The average molecular weight is 182 g/mol. The third-order valence-electron chi connectivity index (χ3n) is 1.69. The molecular formula is C8H17NNaO2. The second-order valence-corrected chi connectivity index (χ2v) is 2.84. The Kier molecular flexibility index (Phi) is 14.2. The van der Waals surface area contributed by atoms with Gasteiger partial charge in [-0.2, -0.15) is 0 Å². The van der Waals surface area contributed by atoms with E-state index in [9.17, 15) is 4.91 Å². The van der Waals surface area contributed by atoms with Crippen LogP contribution in [0.15, 0.2) is 5.34 Å². The standard InChI is InChI=1S/C8H17NO2.Na/c1-3-4-5-6-7-8(2)11-9-10;/h8H,3-7H2,1-2H3;. The van der Waals surface area contributed by atoms with Crippen molar-refractivity contribution in [3.8, 4) is 0 Å². The molecule has 0 bridgehead atoms. The van der Waals surface area contributed by atoms with Crippen LogP contribution in [-0.4, -0.2) is 35.7 Å². The first-order valence-corrected chi connectivity index (χ1v) is 4.29. The minimum absolute atomic E-state index is 0. The summed E-state index contributed by atoms with van der Waals surface area (Å²) in [5.41, 5.74) is 0. The second kappa shape index (κ2) is 11.4. The molecule has 1 atom stereocenters. The van der Waals surface area contributed by atoms with Gasteiger partial charge in [0.15, 0.2) is 5.34 Å². The number of rotatable bonds is 7. The van der Waals surface area contributed by atoms with Crippen molar-refractivity contribution < 1.29 is 4.84 Å². The number of unbranched alkanes of at least 4 members (excludes halogenated alkanes) is 3. The van der Waals surface area contributed by atoms with E-state index in [1.165, 1.54) is 19.3 Å². The molecule has 0 spiro atoms. The fraction of sp³-hybridized carbons (Fsp3) is 1.00. The Morgan fingerprint density at radius 2 is 2.00 bits per heavy atom. The van der Waals surface area contributed by atoms with Crippen LogP contribution in [0.3, 0.4) is 0 Å². The first-order chi connectivity index (χ1) is 5.31. The maximum atomic E-state index is 9.63. The fourth-order valence-corrected chi connectivity index (χ4v) is 0.985. The van der Waals surface area contributed by atoms with Gasteiger partial charge in [-0.25, -0.2) is 0 Å². The van der Waals surface area contributed by atoms with Gasteiger partial charge in [-0.15, -0.1) is 4.91 Å². The molecule has 4 heteroatoms. The number of hydrogen-bond acceptors (Lipinski definition) is 3. The smallest absolute Gasteiger partial charge is 0.155 e. The Hall–Kier alpha value is 0.400. The molecule has 0 saturated heterocycles. The van der Waals surface area contributed by atoms with Gasteiger partial charge in [0.2, 0.25) is 0 Å². The van der Waals surface area contributed by atoms with Crippen LogP contribution >= 0.6 is 0 Å². The second-order valence-electron chi connectivity index (χ2n) is 2.84. The molecule has 0 saturated carbocycles. The van der Waals surface area contributed by atoms with Gasteiger partial charge in [0.1, 0.15) is 6.10 Å². The first kappa shape index (κ1) is 14.9. The third-order valence-corrected chi connectivity index (χ3v) is 1.69. The van der Waals surface area contributed by atoms with Crippen LogP contribution < -0.4 is 0 Å². The van der Waals surface area contributed by atoms with Gasteiger partial charge in [-0.1, -0.05) is 26.2 Å². The molecule has 0 aromatic carbocycles. The van der Waals surface area contributed by atoms with E-state index in [0.717, 1.165) is 12.8 Å². The van der Waals surface area contributed by atoms with Crippen LogP contribution in [0.4, 0.5) is 0 Å². The molecule has 3 nitrogen and oxygen atoms in total. The van der Waals surface area contributed by atoms with Gasteiger partial charge >= 0.3 is 0 Å². The molecule has 0 aromatic rings. The normalized spacial score (nSPS) is 11.5. The molecule has 0 aliphatic carbocycles. The zero-order valence-electron chi connectivity index (χ0n) is 8.38. The summed E-state index contributed by atoms with van der Waals surface area (Å²) in [4.78, 5) is 14.1. The summed E-state index contributed by atoms with van der Waals surface area (Å²) in [5.74, 6) is 0. The summed E-state index contributed by atoms with van der Waals surface area (Å²) in [6, 6.07) is 0. The minimum Gasteiger partial charge on any atom is -0.361 e. The van der Waals surface area contributed by atoms with E-state index in [-0.39, 0.29) is 35.7 Å². The fourth-order valence-electron chi connectivity index (χ4n) is 0.985. The molecular weight excluding hydrogens is 165 g/mol. The summed E-state index contributed by atoms with van der Waals surface area (Å²) < 4.78 is 0. The molecule has 0 rings (SSSR count). The van der Waals surface area contributed by atoms with Gasteiger partial charge in [-0.3, -0.25) is 0 Å². The van der Waals surface area contributed by atoms with Gasteiger partial charge in [0.05, 0.1) is 0 Å². The van der Waals surface area contributed by atoms with Crippen molar-refractivity contribution in [2.24, 2.45) is 5.34 Å². The Balaban J connectivity index is 0. The van der Waals surface area contributed by atoms with Gasteiger partial charge < -0.3 is 4.84 Å². The molecule has 0 aromatic heterocycles. The zero-order valence-corrected chi connectivity index (χ0v) is 10.4. The Labute approximate surface area is 96.5 Å². The van der Waals surface area contributed by atoms with E-state index in [0.29, 0.717) is 0 Å². The largest absolute Gasteiger partial charge is 0.361 e. The summed E-state index contributed by atoms with van der Waals surface area (Å²) in [6.45, 7) is 4.04. The molecule has 0 heterocycles. The van der Waals surface area contributed by atoms with E-state index in [1.54, 1.807) is 0 Å². The number of nitrogens with zero attached hydrogens (tertiary/aromatic N) is 1. The van der Waals surface area contributed by atoms with E-state index in [1.807, 2.05) is 6.92 Å². The maximum Gasteiger partial charge on any atom is 0.155 e. The van der Waals surface area contributed by atoms with Crippen molar-refractivity contribution in [1.82, 2.24) is 0 Å². The Bertz CT molecular complexity index is 101. The van der Waals surface area contributed by atoms with Crippen LogP contribution in [0.1, 0.15) is 46.0 Å². The minimum atomic E-state index is -0.00986. The molecule has 0 aliphatic heterocycles. The van der Waals surface area contributed by atoms with Crippen LogP contribution in [-0.2, 0) is 4.84 Å². The summed E-state index contributed by atoms with van der Waals surface area (Å²) in [5, 5.41) is 2.38. The van der Waals surface area contributed by atoms with E-state index >= 15 is 0 Å². The molecule has 0 fully saturated rings. The quantitative estimate of drug-likeness (QED) is 0.263. The average Bonchev–Trinajstić information content (AvgIpc) is 1.99. The van der Waals surface area contributed by atoms with Crippen LogP contribution in [0.2, 0.25) is 0 Å². The van der Waals surface area contributed by atoms with Crippen LogP contribution in [0.25, 0.3) is 0 Å².